The number of hydrogen-bond acceptors (Lipinski definition) is 3. The van der Waals surface area contributed by atoms with Crippen molar-refractivity contribution in [2.24, 2.45) is 4.99 Å². The summed E-state index contributed by atoms with van der Waals surface area (Å²) in [5, 5.41) is 6.67. The SMILES string of the molecule is CCNC(=NCC(C)(C)OC)NCCCN(C)Cc1ccccc1. The number of nitrogens with zero attached hydrogens (tertiary/aromatic N) is 2. The summed E-state index contributed by atoms with van der Waals surface area (Å²) in [6, 6.07) is 10.6. The van der Waals surface area contributed by atoms with Gasteiger partial charge in [0, 0.05) is 26.7 Å². The smallest absolute Gasteiger partial charge is 0.191 e. The van der Waals surface area contributed by atoms with Gasteiger partial charge in [0.15, 0.2) is 5.96 Å². The molecule has 136 valence electrons. The fourth-order valence-electron chi connectivity index (χ4n) is 2.21. The molecule has 24 heavy (non-hydrogen) atoms. The van der Waals surface area contributed by atoms with Gasteiger partial charge in [0.05, 0.1) is 12.1 Å². The second-order valence-corrected chi connectivity index (χ2v) is 6.66. The maximum Gasteiger partial charge on any atom is 0.191 e. The summed E-state index contributed by atoms with van der Waals surface area (Å²) in [5.41, 5.74) is 1.11. The zero-order chi connectivity index (χ0) is 17.8. The Bertz CT molecular complexity index is 474. The molecule has 0 aliphatic carbocycles. The normalized spacial score (nSPS) is 12.5. The maximum atomic E-state index is 5.41. The first-order chi connectivity index (χ1) is 11.5. The minimum Gasteiger partial charge on any atom is -0.377 e. The summed E-state index contributed by atoms with van der Waals surface area (Å²) in [5.74, 6) is 0.855. The molecule has 0 bridgehead atoms. The number of guanidine groups is 1. The lowest BCUT2D eigenvalue weighted by atomic mass is 10.1. The number of benzene rings is 1. The van der Waals surface area contributed by atoms with E-state index >= 15 is 0 Å². The van der Waals surface area contributed by atoms with Crippen LogP contribution in [0.4, 0.5) is 0 Å². The van der Waals surface area contributed by atoms with Gasteiger partial charge in [-0.05, 0) is 46.3 Å². The van der Waals surface area contributed by atoms with Crippen LogP contribution in [0, 0.1) is 0 Å². The van der Waals surface area contributed by atoms with Crippen LogP contribution in [-0.4, -0.2) is 56.8 Å². The van der Waals surface area contributed by atoms with Crippen molar-refractivity contribution >= 4 is 5.96 Å². The molecule has 0 spiro atoms. The topological polar surface area (TPSA) is 48.9 Å². The molecule has 0 atom stereocenters. The standard InChI is InChI=1S/C19H34N4O/c1-6-20-18(22-16-19(2,3)24-5)21-13-10-14-23(4)15-17-11-8-7-9-12-17/h7-9,11-12H,6,10,13-16H2,1-5H3,(H2,20,21,22). The lowest BCUT2D eigenvalue weighted by molar-refractivity contribution is 0.0310. The fraction of sp³-hybridized carbons (Fsp3) is 0.632. The van der Waals surface area contributed by atoms with Crippen LogP contribution in [0.25, 0.3) is 0 Å². The quantitative estimate of drug-likeness (QED) is 0.392. The molecule has 0 aliphatic rings. The van der Waals surface area contributed by atoms with E-state index in [9.17, 15) is 0 Å². The van der Waals surface area contributed by atoms with Gasteiger partial charge in [0.2, 0.25) is 0 Å². The lowest BCUT2D eigenvalue weighted by Gasteiger charge is -2.21. The van der Waals surface area contributed by atoms with Crippen molar-refractivity contribution in [2.45, 2.75) is 39.3 Å². The average Bonchev–Trinajstić information content (AvgIpc) is 2.57. The molecular formula is C19H34N4O. The summed E-state index contributed by atoms with van der Waals surface area (Å²) >= 11 is 0. The summed E-state index contributed by atoms with van der Waals surface area (Å²) in [4.78, 5) is 6.94. The second-order valence-electron chi connectivity index (χ2n) is 6.66. The molecule has 1 aromatic carbocycles. The number of rotatable bonds is 10. The van der Waals surface area contributed by atoms with Gasteiger partial charge in [-0.25, -0.2) is 0 Å². The Morgan fingerprint density at radius 2 is 1.92 bits per heavy atom. The van der Waals surface area contributed by atoms with E-state index in [-0.39, 0.29) is 5.60 Å². The van der Waals surface area contributed by atoms with E-state index in [0.717, 1.165) is 38.6 Å². The Labute approximate surface area is 147 Å². The van der Waals surface area contributed by atoms with Gasteiger partial charge in [0.1, 0.15) is 0 Å². The first-order valence-electron chi connectivity index (χ1n) is 8.76. The first-order valence-corrected chi connectivity index (χ1v) is 8.76. The number of aliphatic imine (C=N–C) groups is 1. The molecule has 1 aromatic rings. The van der Waals surface area contributed by atoms with E-state index in [1.807, 2.05) is 13.8 Å². The molecule has 0 fully saturated rings. The van der Waals surface area contributed by atoms with E-state index in [1.165, 1.54) is 5.56 Å². The fourth-order valence-corrected chi connectivity index (χ4v) is 2.21. The molecule has 0 aliphatic heterocycles. The molecule has 0 saturated heterocycles. The van der Waals surface area contributed by atoms with Crippen molar-refractivity contribution < 1.29 is 4.74 Å². The Hall–Kier alpha value is -1.59. The van der Waals surface area contributed by atoms with Gasteiger partial charge in [-0.1, -0.05) is 30.3 Å². The monoisotopic (exact) mass is 334 g/mol. The van der Waals surface area contributed by atoms with Crippen LogP contribution in [0.5, 0.6) is 0 Å². The molecule has 0 aromatic heterocycles. The van der Waals surface area contributed by atoms with E-state index in [4.69, 9.17) is 4.74 Å². The van der Waals surface area contributed by atoms with Crippen LogP contribution in [0.2, 0.25) is 0 Å². The zero-order valence-electron chi connectivity index (χ0n) is 15.9. The van der Waals surface area contributed by atoms with Gasteiger partial charge in [0.25, 0.3) is 0 Å². The number of hydrogen-bond donors (Lipinski definition) is 2. The van der Waals surface area contributed by atoms with E-state index in [2.05, 4.69) is 64.8 Å². The molecule has 5 heteroatoms. The number of nitrogens with one attached hydrogen (secondary N) is 2. The predicted molar refractivity (Wildman–Crippen MR) is 102 cm³/mol. The van der Waals surface area contributed by atoms with Crippen LogP contribution in [0.3, 0.4) is 0 Å². The van der Waals surface area contributed by atoms with Gasteiger partial charge in [-0.15, -0.1) is 0 Å². The minimum atomic E-state index is -0.238. The summed E-state index contributed by atoms with van der Waals surface area (Å²) < 4.78 is 5.41. The second kappa shape index (κ2) is 11.0. The highest BCUT2D eigenvalue weighted by molar-refractivity contribution is 5.79. The molecule has 2 N–H and O–H groups in total. The molecule has 0 heterocycles. The highest BCUT2D eigenvalue weighted by Gasteiger charge is 2.15. The molecule has 0 radical (unpaired) electrons. The highest BCUT2D eigenvalue weighted by atomic mass is 16.5. The van der Waals surface area contributed by atoms with Gasteiger partial charge in [-0.2, -0.15) is 0 Å². The molecule has 0 saturated carbocycles. The summed E-state index contributed by atoms with van der Waals surface area (Å²) in [6.45, 7) is 10.6. The lowest BCUT2D eigenvalue weighted by Crippen LogP contribution is -2.40. The van der Waals surface area contributed by atoms with E-state index < -0.39 is 0 Å². The average molecular weight is 335 g/mol. The first kappa shape index (κ1) is 20.5. The van der Waals surface area contributed by atoms with Crippen LogP contribution in [0.1, 0.15) is 32.8 Å². The third-order valence-electron chi connectivity index (χ3n) is 3.82. The molecule has 0 amide bonds. The van der Waals surface area contributed by atoms with Gasteiger partial charge in [-0.3, -0.25) is 4.99 Å². The van der Waals surface area contributed by atoms with Crippen LogP contribution in [0.15, 0.2) is 35.3 Å². The largest absolute Gasteiger partial charge is 0.377 e. The number of methoxy groups -OCH3 is 1. The van der Waals surface area contributed by atoms with Crippen molar-refractivity contribution in [1.82, 2.24) is 15.5 Å². The van der Waals surface area contributed by atoms with Crippen molar-refractivity contribution in [3.8, 4) is 0 Å². The Morgan fingerprint density at radius 1 is 1.21 bits per heavy atom. The minimum absolute atomic E-state index is 0.238. The molecule has 0 unspecified atom stereocenters. The van der Waals surface area contributed by atoms with Crippen molar-refractivity contribution in [3.63, 3.8) is 0 Å². The predicted octanol–water partition coefficient (Wildman–Crippen LogP) is 2.49. The summed E-state index contributed by atoms with van der Waals surface area (Å²) in [7, 11) is 3.88. The Morgan fingerprint density at radius 3 is 2.54 bits per heavy atom. The summed E-state index contributed by atoms with van der Waals surface area (Å²) in [6.07, 6.45) is 1.07. The zero-order valence-corrected chi connectivity index (χ0v) is 15.9. The van der Waals surface area contributed by atoms with Gasteiger partial charge < -0.3 is 20.3 Å². The molecule has 5 nitrogen and oxygen atoms in total. The van der Waals surface area contributed by atoms with E-state index in [1.54, 1.807) is 7.11 Å². The van der Waals surface area contributed by atoms with Crippen molar-refractivity contribution in [1.29, 1.82) is 0 Å². The van der Waals surface area contributed by atoms with E-state index in [0.29, 0.717) is 6.54 Å². The third-order valence-corrected chi connectivity index (χ3v) is 3.82. The third kappa shape index (κ3) is 8.89. The van der Waals surface area contributed by atoms with Crippen molar-refractivity contribution in [2.75, 3.05) is 40.3 Å². The molecular weight excluding hydrogens is 300 g/mol. The van der Waals surface area contributed by atoms with Crippen LogP contribution < -0.4 is 10.6 Å². The number of ether oxygens (including phenoxy) is 1. The highest BCUT2D eigenvalue weighted by Crippen LogP contribution is 2.07. The Balaban J connectivity index is 2.30. The van der Waals surface area contributed by atoms with Gasteiger partial charge >= 0.3 is 0 Å². The molecule has 1 rings (SSSR count). The van der Waals surface area contributed by atoms with Crippen LogP contribution in [-0.2, 0) is 11.3 Å². The maximum absolute atomic E-state index is 5.41. The Kier molecular flexibility index (Phi) is 9.42. The van der Waals surface area contributed by atoms with Crippen molar-refractivity contribution in [3.05, 3.63) is 35.9 Å². The van der Waals surface area contributed by atoms with Crippen LogP contribution >= 0.6 is 0 Å².